The fraction of sp³-hybridized carbons (Fsp3) is 0.500. The number of aromatic nitrogens is 2. The van der Waals surface area contributed by atoms with Crippen LogP contribution in [0.25, 0.3) is 0 Å². The Kier molecular flexibility index (Phi) is 1.89. The second kappa shape index (κ2) is 2.68. The van der Waals surface area contributed by atoms with E-state index in [2.05, 4.69) is 5.10 Å². The molecule has 0 aliphatic heterocycles. The molecular weight excluding hydrogens is 133 g/mol. The SMILES string of the molecule is Cn1ncc(N)c1CCF. The van der Waals surface area contributed by atoms with Gasteiger partial charge < -0.3 is 5.73 Å². The maximum Gasteiger partial charge on any atom is 0.0950 e. The monoisotopic (exact) mass is 143 g/mol. The van der Waals surface area contributed by atoms with Crippen LogP contribution in [0.1, 0.15) is 5.69 Å². The van der Waals surface area contributed by atoms with Crippen LogP contribution in [0.4, 0.5) is 10.1 Å². The minimum atomic E-state index is -0.385. The summed E-state index contributed by atoms with van der Waals surface area (Å²) in [5.74, 6) is 0. The number of nitrogen functional groups attached to an aromatic ring is 1. The molecule has 10 heavy (non-hydrogen) atoms. The highest BCUT2D eigenvalue weighted by atomic mass is 19.1. The van der Waals surface area contributed by atoms with Gasteiger partial charge in [-0.15, -0.1) is 0 Å². The zero-order valence-corrected chi connectivity index (χ0v) is 5.84. The third kappa shape index (κ3) is 1.10. The first-order chi connectivity index (χ1) is 4.75. The number of halogens is 1. The molecule has 0 aliphatic rings. The minimum Gasteiger partial charge on any atom is -0.396 e. The van der Waals surface area contributed by atoms with Crippen molar-refractivity contribution in [1.82, 2.24) is 9.78 Å². The van der Waals surface area contributed by atoms with Crippen LogP contribution in [0.5, 0.6) is 0 Å². The Morgan fingerprint density at radius 2 is 2.50 bits per heavy atom. The van der Waals surface area contributed by atoms with Crippen molar-refractivity contribution in [3.05, 3.63) is 11.9 Å². The summed E-state index contributed by atoms with van der Waals surface area (Å²) >= 11 is 0. The first-order valence-corrected chi connectivity index (χ1v) is 3.08. The lowest BCUT2D eigenvalue weighted by Gasteiger charge is -1.97. The van der Waals surface area contributed by atoms with Gasteiger partial charge in [0.05, 0.1) is 24.3 Å². The second-order valence-corrected chi connectivity index (χ2v) is 2.11. The first kappa shape index (κ1) is 7.05. The van der Waals surface area contributed by atoms with Crippen LogP contribution in [0.15, 0.2) is 6.20 Å². The van der Waals surface area contributed by atoms with E-state index >= 15 is 0 Å². The third-order valence-electron chi connectivity index (χ3n) is 1.43. The summed E-state index contributed by atoms with van der Waals surface area (Å²) in [6.45, 7) is -0.385. The number of nitrogens with two attached hydrogens (primary N) is 1. The number of rotatable bonds is 2. The van der Waals surface area contributed by atoms with Crippen molar-refractivity contribution in [1.29, 1.82) is 0 Å². The minimum absolute atomic E-state index is 0.350. The average molecular weight is 143 g/mol. The maximum atomic E-state index is 11.8. The third-order valence-corrected chi connectivity index (χ3v) is 1.43. The Labute approximate surface area is 58.6 Å². The van der Waals surface area contributed by atoms with E-state index in [1.165, 1.54) is 6.20 Å². The summed E-state index contributed by atoms with van der Waals surface area (Å²) in [6.07, 6.45) is 1.88. The highest BCUT2D eigenvalue weighted by molar-refractivity contribution is 5.40. The van der Waals surface area contributed by atoms with Crippen molar-refractivity contribution < 1.29 is 4.39 Å². The molecule has 0 aliphatic carbocycles. The first-order valence-electron chi connectivity index (χ1n) is 3.08. The maximum absolute atomic E-state index is 11.8. The number of anilines is 1. The van der Waals surface area contributed by atoms with Crippen LogP contribution >= 0.6 is 0 Å². The molecule has 1 rings (SSSR count). The van der Waals surface area contributed by atoms with Crippen molar-refractivity contribution in [3.63, 3.8) is 0 Å². The molecule has 0 saturated carbocycles. The molecule has 0 aromatic carbocycles. The van der Waals surface area contributed by atoms with Gasteiger partial charge in [0.25, 0.3) is 0 Å². The Morgan fingerprint density at radius 1 is 1.80 bits per heavy atom. The highest BCUT2D eigenvalue weighted by Crippen LogP contribution is 2.09. The Bertz CT molecular complexity index is 199. The van der Waals surface area contributed by atoms with Crippen LogP contribution in [0.3, 0.4) is 0 Å². The van der Waals surface area contributed by atoms with Crippen molar-refractivity contribution in [3.8, 4) is 0 Å². The topological polar surface area (TPSA) is 43.8 Å². The second-order valence-electron chi connectivity index (χ2n) is 2.11. The van der Waals surface area contributed by atoms with Gasteiger partial charge in [0, 0.05) is 13.5 Å². The van der Waals surface area contributed by atoms with E-state index in [0.717, 1.165) is 5.69 Å². The van der Waals surface area contributed by atoms with E-state index in [0.29, 0.717) is 12.1 Å². The number of alkyl halides is 1. The van der Waals surface area contributed by atoms with Gasteiger partial charge >= 0.3 is 0 Å². The van der Waals surface area contributed by atoms with Crippen molar-refractivity contribution in [2.24, 2.45) is 7.05 Å². The molecule has 0 amide bonds. The molecule has 0 atom stereocenters. The van der Waals surface area contributed by atoms with Gasteiger partial charge in [0.15, 0.2) is 0 Å². The molecule has 1 aromatic heterocycles. The molecule has 0 bridgehead atoms. The summed E-state index contributed by atoms with van der Waals surface area (Å²) in [4.78, 5) is 0. The highest BCUT2D eigenvalue weighted by Gasteiger charge is 2.02. The molecule has 0 unspecified atom stereocenters. The lowest BCUT2D eigenvalue weighted by molar-refractivity contribution is 0.484. The molecule has 56 valence electrons. The molecule has 4 heteroatoms. The average Bonchev–Trinajstić information content (AvgIpc) is 2.20. The largest absolute Gasteiger partial charge is 0.396 e. The predicted molar refractivity (Wildman–Crippen MR) is 37.3 cm³/mol. The number of hydrogen-bond acceptors (Lipinski definition) is 2. The van der Waals surface area contributed by atoms with Gasteiger partial charge in [-0.05, 0) is 0 Å². The predicted octanol–water partition coefficient (Wildman–Crippen LogP) is 0.514. The zero-order valence-electron chi connectivity index (χ0n) is 5.84. The van der Waals surface area contributed by atoms with E-state index in [4.69, 9.17) is 5.73 Å². The molecule has 0 fully saturated rings. The fourth-order valence-electron chi connectivity index (χ4n) is 0.875. The summed E-state index contributed by atoms with van der Waals surface area (Å²) in [5.41, 5.74) is 6.81. The van der Waals surface area contributed by atoms with Crippen LogP contribution in [0.2, 0.25) is 0 Å². The number of hydrogen-bond donors (Lipinski definition) is 1. The quantitative estimate of drug-likeness (QED) is 0.655. The molecule has 1 heterocycles. The van der Waals surface area contributed by atoms with Gasteiger partial charge in [0.2, 0.25) is 0 Å². The standard InChI is InChI=1S/C6H10FN3/c1-10-6(2-3-7)5(8)4-9-10/h4H,2-3,8H2,1H3. The van der Waals surface area contributed by atoms with E-state index in [-0.39, 0.29) is 6.67 Å². The van der Waals surface area contributed by atoms with Gasteiger partial charge in [-0.2, -0.15) is 5.10 Å². The van der Waals surface area contributed by atoms with Crippen molar-refractivity contribution >= 4 is 5.69 Å². The Morgan fingerprint density at radius 3 is 2.90 bits per heavy atom. The molecule has 1 aromatic rings. The summed E-state index contributed by atoms with van der Waals surface area (Å²) < 4.78 is 13.4. The normalized spacial score (nSPS) is 10.2. The lowest BCUT2D eigenvalue weighted by atomic mass is 10.3. The van der Waals surface area contributed by atoms with Gasteiger partial charge in [-0.1, -0.05) is 0 Å². The van der Waals surface area contributed by atoms with Crippen LogP contribution in [-0.2, 0) is 13.5 Å². The van der Waals surface area contributed by atoms with Crippen molar-refractivity contribution in [2.75, 3.05) is 12.4 Å². The van der Waals surface area contributed by atoms with Crippen LogP contribution < -0.4 is 5.73 Å². The zero-order chi connectivity index (χ0) is 7.56. The Hall–Kier alpha value is -1.06. The van der Waals surface area contributed by atoms with Crippen LogP contribution in [0, 0.1) is 0 Å². The molecule has 0 radical (unpaired) electrons. The van der Waals surface area contributed by atoms with E-state index in [1.807, 2.05) is 0 Å². The number of nitrogens with zero attached hydrogens (tertiary/aromatic N) is 2. The molecule has 2 N–H and O–H groups in total. The molecule has 0 spiro atoms. The summed E-state index contributed by atoms with van der Waals surface area (Å²) in [7, 11) is 1.75. The molecule has 3 nitrogen and oxygen atoms in total. The van der Waals surface area contributed by atoms with Crippen molar-refractivity contribution in [2.45, 2.75) is 6.42 Å². The van der Waals surface area contributed by atoms with E-state index < -0.39 is 0 Å². The van der Waals surface area contributed by atoms with Gasteiger partial charge in [-0.25, -0.2) is 0 Å². The Balaban J connectivity index is 2.87. The van der Waals surface area contributed by atoms with E-state index in [9.17, 15) is 4.39 Å². The molecule has 0 saturated heterocycles. The number of aryl methyl sites for hydroxylation is 1. The summed E-state index contributed by atoms with van der Waals surface area (Å²) in [6, 6.07) is 0. The van der Waals surface area contributed by atoms with Crippen LogP contribution in [-0.4, -0.2) is 16.5 Å². The molecular formula is C6H10FN3. The fourth-order valence-corrected chi connectivity index (χ4v) is 0.875. The smallest absolute Gasteiger partial charge is 0.0950 e. The van der Waals surface area contributed by atoms with Gasteiger partial charge in [0.1, 0.15) is 0 Å². The lowest BCUT2D eigenvalue weighted by Crippen LogP contribution is -2.01. The van der Waals surface area contributed by atoms with E-state index in [1.54, 1.807) is 11.7 Å². The summed E-state index contributed by atoms with van der Waals surface area (Å²) in [5, 5.41) is 3.86. The van der Waals surface area contributed by atoms with Gasteiger partial charge in [-0.3, -0.25) is 9.07 Å².